The van der Waals surface area contributed by atoms with Crippen LogP contribution in [-0.4, -0.2) is 24.2 Å². The Balaban J connectivity index is 2.60. The number of hydrogen-bond acceptors (Lipinski definition) is 4. The molecule has 2 unspecified atom stereocenters. The van der Waals surface area contributed by atoms with E-state index in [1.807, 2.05) is 13.8 Å². The lowest BCUT2D eigenvalue weighted by atomic mass is 10.1. The van der Waals surface area contributed by atoms with Gasteiger partial charge in [-0.2, -0.15) is 0 Å². The van der Waals surface area contributed by atoms with Crippen molar-refractivity contribution >= 4 is 11.3 Å². The Hall–Kier alpha value is -0.450. The number of methoxy groups -OCH3 is 1. The van der Waals surface area contributed by atoms with E-state index in [0.29, 0.717) is 0 Å². The monoisotopic (exact) mass is 214 g/mol. The van der Waals surface area contributed by atoms with Crippen LogP contribution in [0, 0.1) is 13.8 Å². The molecule has 0 saturated heterocycles. The molecule has 0 aliphatic rings. The van der Waals surface area contributed by atoms with Crippen molar-refractivity contribution in [1.82, 2.24) is 4.98 Å². The average Bonchev–Trinajstić information content (AvgIpc) is 2.44. The highest BCUT2D eigenvalue weighted by molar-refractivity contribution is 7.11. The average molecular weight is 214 g/mol. The van der Waals surface area contributed by atoms with Gasteiger partial charge in [-0.05, 0) is 20.8 Å². The van der Waals surface area contributed by atoms with Gasteiger partial charge in [-0.15, -0.1) is 11.3 Å². The molecule has 1 rings (SSSR count). The number of thiazole rings is 1. The quantitative estimate of drug-likeness (QED) is 0.829. The lowest BCUT2D eigenvalue weighted by Gasteiger charge is -2.16. The molecule has 0 spiro atoms. The number of nitrogens with two attached hydrogens (primary N) is 1. The number of rotatable bonds is 4. The van der Waals surface area contributed by atoms with Gasteiger partial charge in [0.05, 0.1) is 16.8 Å². The zero-order chi connectivity index (χ0) is 10.7. The van der Waals surface area contributed by atoms with Crippen LogP contribution in [0.15, 0.2) is 0 Å². The predicted molar refractivity (Wildman–Crippen MR) is 59.7 cm³/mol. The van der Waals surface area contributed by atoms with Gasteiger partial charge in [-0.3, -0.25) is 0 Å². The van der Waals surface area contributed by atoms with E-state index in [9.17, 15) is 0 Å². The van der Waals surface area contributed by atoms with E-state index >= 15 is 0 Å². The first-order chi connectivity index (χ1) is 6.54. The Morgan fingerprint density at radius 2 is 2.14 bits per heavy atom. The fourth-order valence-electron chi connectivity index (χ4n) is 1.17. The second-order valence-corrected chi connectivity index (χ2v) is 4.85. The number of hydrogen-bond donors (Lipinski definition) is 1. The third kappa shape index (κ3) is 2.77. The van der Waals surface area contributed by atoms with Crippen LogP contribution >= 0.6 is 11.3 Å². The van der Waals surface area contributed by atoms with Crippen molar-refractivity contribution in [3.8, 4) is 0 Å². The first-order valence-electron chi connectivity index (χ1n) is 4.76. The van der Waals surface area contributed by atoms with Gasteiger partial charge in [-0.1, -0.05) is 0 Å². The SMILES string of the molecule is COC(C)C(N)Cc1nc(C)c(C)s1. The van der Waals surface area contributed by atoms with Crippen molar-refractivity contribution in [2.24, 2.45) is 5.73 Å². The summed E-state index contributed by atoms with van der Waals surface area (Å²) in [5.74, 6) is 0. The van der Waals surface area contributed by atoms with Gasteiger partial charge in [0.2, 0.25) is 0 Å². The molecule has 4 heteroatoms. The highest BCUT2D eigenvalue weighted by Crippen LogP contribution is 2.18. The van der Waals surface area contributed by atoms with E-state index in [-0.39, 0.29) is 12.1 Å². The van der Waals surface area contributed by atoms with Crippen molar-refractivity contribution in [2.75, 3.05) is 7.11 Å². The van der Waals surface area contributed by atoms with E-state index in [1.54, 1.807) is 18.4 Å². The molecule has 1 aromatic heterocycles. The summed E-state index contributed by atoms with van der Waals surface area (Å²) in [5, 5.41) is 1.11. The van der Waals surface area contributed by atoms with Crippen LogP contribution in [0.4, 0.5) is 0 Å². The summed E-state index contributed by atoms with van der Waals surface area (Å²) in [5.41, 5.74) is 7.07. The Morgan fingerprint density at radius 1 is 1.50 bits per heavy atom. The molecule has 0 fully saturated rings. The van der Waals surface area contributed by atoms with Gasteiger partial charge < -0.3 is 10.5 Å². The topological polar surface area (TPSA) is 48.1 Å². The van der Waals surface area contributed by atoms with Gasteiger partial charge >= 0.3 is 0 Å². The number of ether oxygens (including phenoxy) is 1. The minimum atomic E-state index is 0.0324. The Morgan fingerprint density at radius 3 is 2.57 bits per heavy atom. The van der Waals surface area contributed by atoms with Gasteiger partial charge in [0.25, 0.3) is 0 Å². The number of aryl methyl sites for hydroxylation is 2. The lowest BCUT2D eigenvalue weighted by Crippen LogP contribution is -2.35. The number of nitrogens with zero attached hydrogens (tertiary/aromatic N) is 1. The predicted octanol–water partition coefficient (Wildman–Crippen LogP) is 1.66. The van der Waals surface area contributed by atoms with E-state index in [4.69, 9.17) is 10.5 Å². The smallest absolute Gasteiger partial charge is 0.0947 e. The Bertz CT molecular complexity index is 279. The molecular formula is C10H18N2OS. The summed E-state index contributed by atoms with van der Waals surface area (Å²) in [7, 11) is 1.68. The molecule has 0 bridgehead atoms. The standard InChI is InChI=1S/C10H18N2OS/c1-6-8(3)14-10(12-6)5-9(11)7(2)13-4/h7,9H,5,11H2,1-4H3. The molecule has 1 heterocycles. The van der Waals surface area contributed by atoms with Crippen LogP contribution < -0.4 is 5.73 Å². The summed E-state index contributed by atoms with van der Waals surface area (Å²) >= 11 is 1.72. The fraction of sp³-hybridized carbons (Fsp3) is 0.700. The molecule has 0 aliphatic heterocycles. The lowest BCUT2D eigenvalue weighted by molar-refractivity contribution is 0.0955. The van der Waals surface area contributed by atoms with Gasteiger partial charge in [-0.25, -0.2) is 4.98 Å². The largest absolute Gasteiger partial charge is 0.380 e. The van der Waals surface area contributed by atoms with E-state index in [2.05, 4.69) is 11.9 Å². The Labute approximate surface area is 89.3 Å². The maximum absolute atomic E-state index is 5.96. The van der Waals surface area contributed by atoms with Crippen LogP contribution in [0.5, 0.6) is 0 Å². The summed E-state index contributed by atoms with van der Waals surface area (Å²) < 4.78 is 5.17. The minimum Gasteiger partial charge on any atom is -0.380 e. The number of aromatic nitrogens is 1. The molecule has 80 valence electrons. The highest BCUT2D eigenvalue weighted by atomic mass is 32.1. The van der Waals surface area contributed by atoms with Gasteiger partial charge in [0, 0.05) is 24.4 Å². The zero-order valence-electron chi connectivity index (χ0n) is 9.20. The normalized spacial score (nSPS) is 15.5. The van der Waals surface area contributed by atoms with Crippen LogP contribution in [-0.2, 0) is 11.2 Å². The molecule has 3 nitrogen and oxygen atoms in total. The van der Waals surface area contributed by atoms with Gasteiger partial charge in [0.1, 0.15) is 0 Å². The molecule has 0 aromatic carbocycles. The Kier molecular flexibility index (Phi) is 4.04. The van der Waals surface area contributed by atoms with Crippen LogP contribution in [0.1, 0.15) is 22.5 Å². The van der Waals surface area contributed by atoms with Crippen molar-refractivity contribution in [3.63, 3.8) is 0 Å². The maximum atomic E-state index is 5.96. The molecule has 0 amide bonds. The maximum Gasteiger partial charge on any atom is 0.0947 e. The molecule has 14 heavy (non-hydrogen) atoms. The first kappa shape index (κ1) is 11.6. The fourth-order valence-corrected chi connectivity index (χ4v) is 2.17. The van der Waals surface area contributed by atoms with Crippen molar-refractivity contribution in [1.29, 1.82) is 0 Å². The summed E-state index contributed by atoms with van der Waals surface area (Å²) in [4.78, 5) is 5.73. The van der Waals surface area contributed by atoms with Crippen molar-refractivity contribution in [2.45, 2.75) is 39.3 Å². The van der Waals surface area contributed by atoms with E-state index in [0.717, 1.165) is 17.1 Å². The van der Waals surface area contributed by atoms with Crippen LogP contribution in [0.3, 0.4) is 0 Å². The molecule has 0 saturated carbocycles. The third-order valence-electron chi connectivity index (χ3n) is 2.46. The third-order valence-corrected chi connectivity index (χ3v) is 3.55. The molecular weight excluding hydrogens is 196 g/mol. The highest BCUT2D eigenvalue weighted by Gasteiger charge is 2.14. The second kappa shape index (κ2) is 4.87. The molecule has 0 radical (unpaired) electrons. The molecule has 1 aromatic rings. The minimum absolute atomic E-state index is 0.0324. The molecule has 2 atom stereocenters. The second-order valence-electron chi connectivity index (χ2n) is 3.56. The molecule has 0 aliphatic carbocycles. The molecule has 2 N–H and O–H groups in total. The van der Waals surface area contributed by atoms with E-state index in [1.165, 1.54) is 4.88 Å². The van der Waals surface area contributed by atoms with Crippen LogP contribution in [0.25, 0.3) is 0 Å². The van der Waals surface area contributed by atoms with Crippen molar-refractivity contribution < 1.29 is 4.74 Å². The zero-order valence-corrected chi connectivity index (χ0v) is 10.0. The summed E-state index contributed by atoms with van der Waals surface area (Å²) in [6.07, 6.45) is 0.883. The summed E-state index contributed by atoms with van der Waals surface area (Å²) in [6.45, 7) is 6.10. The summed E-state index contributed by atoms with van der Waals surface area (Å²) in [6, 6.07) is 0.0324. The van der Waals surface area contributed by atoms with Crippen LogP contribution in [0.2, 0.25) is 0 Å². The first-order valence-corrected chi connectivity index (χ1v) is 5.57. The van der Waals surface area contributed by atoms with Gasteiger partial charge in [0.15, 0.2) is 0 Å². The van der Waals surface area contributed by atoms with E-state index < -0.39 is 0 Å². The van der Waals surface area contributed by atoms with Crippen molar-refractivity contribution in [3.05, 3.63) is 15.6 Å².